The molecule has 2 amide bonds. The van der Waals surface area contributed by atoms with Crippen molar-refractivity contribution in [3.8, 4) is 0 Å². The first-order valence-corrected chi connectivity index (χ1v) is 5.90. The van der Waals surface area contributed by atoms with Gasteiger partial charge < -0.3 is 11.5 Å². The second kappa shape index (κ2) is 4.30. The SMILES string of the molecule is NC(=O)c1ccc(C(N)=O)c2c3c(F)c(F)c(c(F)c3F)c12. The number of hydrogen-bond acceptors (Lipinski definition) is 2. The maximum absolute atomic E-state index is 13.9. The maximum atomic E-state index is 13.9. The second-order valence-corrected chi connectivity index (χ2v) is 4.65. The first-order chi connectivity index (χ1) is 10.3. The van der Waals surface area contributed by atoms with E-state index in [4.69, 9.17) is 11.5 Å². The zero-order valence-electron chi connectivity index (χ0n) is 10.6. The van der Waals surface area contributed by atoms with Crippen molar-refractivity contribution in [3.63, 3.8) is 0 Å². The summed E-state index contributed by atoms with van der Waals surface area (Å²) in [5.41, 5.74) is 9.47. The lowest BCUT2D eigenvalue weighted by molar-refractivity contribution is 0.0990. The third-order valence-corrected chi connectivity index (χ3v) is 3.50. The van der Waals surface area contributed by atoms with E-state index in [1.807, 2.05) is 0 Å². The molecule has 22 heavy (non-hydrogen) atoms. The largest absolute Gasteiger partial charge is 0.366 e. The summed E-state index contributed by atoms with van der Waals surface area (Å²) >= 11 is 0. The molecule has 0 aliphatic heterocycles. The van der Waals surface area contributed by atoms with Crippen LogP contribution in [0.1, 0.15) is 20.7 Å². The van der Waals surface area contributed by atoms with Gasteiger partial charge in [0, 0.05) is 21.9 Å². The van der Waals surface area contributed by atoms with Crippen LogP contribution in [0.3, 0.4) is 0 Å². The van der Waals surface area contributed by atoms with Crippen LogP contribution >= 0.6 is 0 Å². The van der Waals surface area contributed by atoms with Gasteiger partial charge in [-0.2, -0.15) is 0 Å². The summed E-state index contributed by atoms with van der Waals surface area (Å²) in [7, 11) is 0. The van der Waals surface area contributed by atoms with E-state index in [1.165, 1.54) is 0 Å². The number of primary amides is 2. The molecule has 8 heteroatoms. The Bertz CT molecular complexity index is 873. The fourth-order valence-corrected chi connectivity index (χ4v) is 2.60. The van der Waals surface area contributed by atoms with Crippen LogP contribution < -0.4 is 11.5 Å². The summed E-state index contributed by atoms with van der Waals surface area (Å²) in [5.74, 6) is -8.80. The molecule has 0 radical (unpaired) electrons. The molecular weight excluding hydrogens is 304 g/mol. The highest BCUT2D eigenvalue weighted by molar-refractivity contribution is 6.24. The molecule has 0 fully saturated rings. The average molecular weight is 310 g/mol. The molecule has 0 aliphatic rings. The molecule has 4 aromatic carbocycles. The Kier molecular flexibility index (Phi) is 2.74. The summed E-state index contributed by atoms with van der Waals surface area (Å²) in [6.45, 7) is 0. The minimum Gasteiger partial charge on any atom is -0.366 e. The highest BCUT2D eigenvalue weighted by Gasteiger charge is 2.31. The van der Waals surface area contributed by atoms with Crippen molar-refractivity contribution in [1.82, 2.24) is 0 Å². The van der Waals surface area contributed by atoms with Gasteiger partial charge in [0.15, 0.2) is 23.3 Å². The predicted molar refractivity (Wildman–Crippen MR) is 69.5 cm³/mol. The number of fused-ring (bicyclic) bond motifs is 2. The number of amides is 2. The minimum atomic E-state index is -1.66. The molecule has 4 nitrogen and oxygen atoms in total. The number of carbonyl (C=O) groups is 2. The van der Waals surface area contributed by atoms with Crippen LogP contribution in [-0.2, 0) is 0 Å². The van der Waals surface area contributed by atoms with Crippen LogP contribution in [0, 0.1) is 23.3 Å². The Balaban J connectivity index is 2.77. The molecule has 2 bridgehead atoms. The Labute approximate surface area is 119 Å². The monoisotopic (exact) mass is 310 g/mol. The van der Waals surface area contributed by atoms with Gasteiger partial charge in [-0.15, -0.1) is 0 Å². The van der Waals surface area contributed by atoms with Crippen LogP contribution in [0.5, 0.6) is 0 Å². The highest BCUT2D eigenvalue weighted by atomic mass is 19.2. The van der Waals surface area contributed by atoms with Gasteiger partial charge in [0.05, 0.1) is 10.8 Å². The van der Waals surface area contributed by atoms with Crippen molar-refractivity contribution in [2.24, 2.45) is 11.5 Å². The Morgan fingerprint density at radius 3 is 1.14 bits per heavy atom. The Hall–Kier alpha value is -2.90. The molecule has 0 saturated heterocycles. The topological polar surface area (TPSA) is 86.2 Å². The average Bonchev–Trinajstić information content (AvgIpc) is 2.45. The van der Waals surface area contributed by atoms with Gasteiger partial charge in [-0.05, 0) is 12.1 Å². The molecule has 0 aromatic heterocycles. The fraction of sp³-hybridized carbons (Fsp3) is 0. The molecule has 0 heterocycles. The summed E-state index contributed by atoms with van der Waals surface area (Å²) in [6.07, 6.45) is 0. The van der Waals surface area contributed by atoms with Crippen LogP contribution in [0.15, 0.2) is 12.1 Å². The first-order valence-electron chi connectivity index (χ1n) is 5.90. The number of benzene rings is 4. The van der Waals surface area contributed by atoms with Crippen molar-refractivity contribution in [2.75, 3.05) is 0 Å². The minimum absolute atomic E-state index is 0.377. The van der Waals surface area contributed by atoms with Gasteiger partial charge in [-0.1, -0.05) is 0 Å². The molecule has 4 rings (SSSR count). The van der Waals surface area contributed by atoms with Crippen molar-refractivity contribution in [1.29, 1.82) is 0 Å². The second-order valence-electron chi connectivity index (χ2n) is 4.65. The zero-order valence-corrected chi connectivity index (χ0v) is 10.6. The van der Waals surface area contributed by atoms with E-state index in [-0.39, 0.29) is 11.1 Å². The summed E-state index contributed by atoms with van der Waals surface area (Å²) in [5, 5.41) is -3.12. The van der Waals surface area contributed by atoms with E-state index >= 15 is 0 Å². The van der Waals surface area contributed by atoms with Gasteiger partial charge in [0.2, 0.25) is 11.8 Å². The van der Waals surface area contributed by atoms with Crippen molar-refractivity contribution < 1.29 is 27.2 Å². The zero-order chi connectivity index (χ0) is 16.3. The number of nitrogens with two attached hydrogens (primary N) is 2. The third kappa shape index (κ3) is 1.51. The lowest BCUT2D eigenvalue weighted by Crippen LogP contribution is -2.17. The van der Waals surface area contributed by atoms with E-state index in [0.29, 0.717) is 0 Å². The maximum Gasteiger partial charge on any atom is 0.249 e. The van der Waals surface area contributed by atoms with Crippen LogP contribution in [-0.4, -0.2) is 11.8 Å². The Morgan fingerprint density at radius 2 is 0.909 bits per heavy atom. The smallest absolute Gasteiger partial charge is 0.249 e. The first kappa shape index (κ1) is 14.1. The number of rotatable bonds is 2. The quantitative estimate of drug-likeness (QED) is 0.561. The van der Waals surface area contributed by atoms with E-state index in [2.05, 4.69) is 0 Å². The standard InChI is InChI=1S/C14H6F4N2O2/c15-9-7-5-3(13(19)21)1-2-4(14(20)22)6(5)8(11(9)17)12(18)10(7)16/h1-2H,(H2,19,21)(H2,20,22). The van der Waals surface area contributed by atoms with Crippen molar-refractivity contribution in [2.45, 2.75) is 0 Å². The molecule has 0 spiro atoms. The van der Waals surface area contributed by atoms with Gasteiger partial charge in [-0.3, -0.25) is 9.59 Å². The lowest BCUT2D eigenvalue weighted by Gasteiger charge is -2.16. The Morgan fingerprint density at radius 1 is 0.636 bits per heavy atom. The number of halogens is 4. The molecule has 4 N–H and O–H groups in total. The molecule has 0 aliphatic carbocycles. The molecule has 0 unspecified atom stereocenters. The lowest BCUT2D eigenvalue weighted by atomic mass is 9.89. The fourth-order valence-electron chi connectivity index (χ4n) is 2.60. The highest BCUT2D eigenvalue weighted by Crippen LogP contribution is 2.41. The molecule has 0 saturated carbocycles. The normalized spacial score (nSPS) is 11.5. The number of hydrogen-bond donors (Lipinski definition) is 2. The van der Waals surface area contributed by atoms with E-state index in [1.54, 1.807) is 0 Å². The van der Waals surface area contributed by atoms with Crippen LogP contribution in [0.4, 0.5) is 17.6 Å². The molecule has 4 aromatic rings. The molecular formula is C14H6F4N2O2. The van der Waals surface area contributed by atoms with Crippen molar-refractivity contribution >= 4 is 33.4 Å². The summed E-state index contributed by atoms with van der Waals surface area (Å²) in [6, 6.07) is 2.04. The van der Waals surface area contributed by atoms with Crippen LogP contribution in [0.25, 0.3) is 21.5 Å². The summed E-state index contributed by atoms with van der Waals surface area (Å²) in [4.78, 5) is 22.9. The third-order valence-electron chi connectivity index (χ3n) is 3.50. The van der Waals surface area contributed by atoms with Gasteiger partial charge in [-0.25, -0.2) is 17.6 Å². The number of carbonyl (C=O) groups excluding carboxylic acids is 2. The van der Waals surface area contributed by atoms with Gasteiger partial charge in [0.1, 0.15) is 0 Å². The molecule has 0 atom stereocenters. The van der Waals surface area contributed by atoms with E-state index in [0.717, 1.165) is 12.1 Å². The molecule has 112 valence electrons. The summed E-state index contributed by atoms with van der Waals surface area (Å²) < 4.78 is 55.6. The predicted octanol–water partition coefficient (Wildman–Crippen LogP) is 2.19. The van der Waals surface area contributed by atoms with E-state index < -0.39 is 56.6 Å². The van der Waals surface area contributed by atoms with Crippen LogP contribution in [0.2, 0.25) is 0 Å². The van der Waals surface area contributed by atoms with Gasteiger partial charge >= 0.3 is 0 Å². The van der Waals surface area contributed by atoms with E-state index in [9.17, 15) is 27.2 Å². The van der Waals surface area contributed by atoms with Crippen molar-refractivity contribution in [3.05, 3.63) is 46.5 Å². The van der Waals surface area contributed by atoms with Gasteiger partial charge in [0.25, 0.3) is 0 Å².